The van der Waals surface area contributed by atoms with E-state index < -0.39 is 38.0 Å². The third-order valence-corrected chi connectivity index (χ3v) is 10.8. The molecule has 0 aliphatic carbocycles. The van der Waals surface area contributed by atoms with Crippen LogP contribution in [0.4, 0.5) is 13.2 Å². The molecule has 0 aromatic heterocycles. The monoisotopic (exact) mass is 843 g/mol. The van der Waals surface area contributed by atoms with Gasteiger partial charge in [0.15, 0.2) is 0 Å². The van der Waals surface area contributed by atoms with Gasteiger partial charge in [0.2, 0.25) is 0 Å². The highest BCUT2D eigenvalue weighted by Crippen LogP contribution is 2.50. The Morgan fingerprint density at radius 1 is 0.897 bits per heavy atom. The number of para-hydroxylation sites is 2. The Labute approximate surface area is 339 Å². The van der Waals surface area contributed by atoms with Gasteiger partial charge in [-0.3, -0.25) is 9.69 Å². The van der Waals surface area contributed by atoms with Crippen LogP contribution in [0.15, 0.2) is 103 Å². The zero-order valence-electron chi connectivity index (χ0n) is 31.4. The summed E-state index contributed by atoms with van der Waals surface area (Å²) in [5, 5.41) is 20.0. The lowest BCUT2D eigenvalue weighted by molar-refractivity contribution is -0.187. The fourth-order valence-electron chi connectivity index (χ4n) is 6.51. The molecule has 1 amide bonds. The number of carbonyl (C=O) groups excluding carboxylic acids is 2. The number of aliphatic hydroxyl groups excluding tert-OH is 1. The summed E-state index contributed by atoms with van der Waals surface area (Å²) in [7, 11) is -2.97. The number of aliphatic hydroxyl groups is 1. The molecule has 17 heteroatoms. The third kappa shape index (κ3) is 12.4. The Bertz CT molecular complexity index is 2010. The van der Waals surface area contributed by atoms with E-state index in [1.165, 1.54) is 29.8 Å². The zero-order chi connectivity index (χ0) is 41.7. The van der Waals surface area contributed by atoms with E-state index in [4.69, 9.17) is 34.6 Å². The number of carbonyl (C=O) groups is 2. The maximum absolute atomic E-state index is 13.2. The molecule has 58 heavy (non-hydrogen) atoms. The van der Waals surface area contributed by atoms with Crippen molar-refractivity contribution in [1.82, 2.24) is 9.80 Å². The number of β-amino-alcohol motifs (C(OH)–C–C–N with tert-alkyl or cyclic N) is 1. The van der Waals surface area contributed by atoms with Crippen molar-refractivity contribution in [3.63, 3.8) is 0 Å². The number of nitriles is 1. The Kier molecular flexibility index (Phi) is 15.5. The van der Waals surface area contributed by atoms with Crippen LogP contribution in [0.1, 0.15) is 36.8 Å². The van der Waals surface area contributed by atoms with Crippen molar-refractivity contribution in [2.24, 2.45) is 0 Å². The van der Waals surface area contributed by atoms with Crippen LogP contribution in [0, 0.1) is 11.3 Å². The summed E-state index contributed by atoms with van der Waals surface area (Å²) in [6, 6.07) is 29.5. The van der Waals surface area contributed by atoms with Gasteiger partial charge in [0.25, 0.3) is 0 Å². The highest BCUT2D eigenvalue weighted by molar-refractivity contribution is 7.50. The van der Waals surface area contributed by atoms with Crippen LogP contribution in [0.2, 0.25) is 5.02 Å². The van der Waals surface area contributed by atoms with Gasteiger partial charge in [-0.25, -0.2) is 4.79 Å². The van der Waals surface area contributed by atoms with Crippen LogP contribution in [0.3, 0.4) is 0 Å². The average molecular weight is 844 g/mol. The Hall–Kier alpha value is -5.26. The lowest BCUT2D eigenvalue weighted by Gasteiger charge is -2.27. The smallest absolute Gasteiger partial charge is 0.497 e. The molecule has 12 nitrogen and oxygen atoms in total. The topological polar surface area (TPSA) is 148 Å². The van der Waals surface area contributed by atoms with Crippen molar-refractivity contribution in [2.45, 2.75) is 56.5 Å². The van der Waals surface area contributed by atoms with Gasteiger partial charge in [0.1, 0.15) is 53.4 Å². The molecule has 4 aromatic rings. The number of nitrogens with zero attached hydrogens (tertiary/aromatic N) is 3. The molecule has 308 valence electrons. The Morgan fingerprint density at radius 3 is 2.10 bits per heavy atom. The molecule has 4 aromatic carbocycles. The van der Waals surface area contributed by atoms with E-state index in [9.17, 15) is 37.7 Å². The minimum Gasteiger partial charge on any atom is -0.497 e. The highest BCUT2D eigenvalue weighted by atomic mass is 35.5. The predicted octanol–water partition coefficient (Wildman–Crippen LogP) is 8.02. The van der Waals surface area contributed by atoms with Crippen molar-refractivity contribution in [3.8, 4) is 29.1 Å². The molecule has 0 saturated carbocycles. The van der Waals surface area contributed by atoms with Gasteiger partial charge >= 0.3 is 25.9 Å². The molecule has 2 aliphatic heterocycles. The molecule has 2 aliphatic rings. The number of benzene rings is 4. The molecule has 2 saturated heterocycles. The number of amides is 1. The quantitative estimate of drug-likeness (QED) is 0.123. The van der Waals surface area contributed by atoms with E-state index in [0.717, 1.165) is 31.6 Å². The fourth-order valence-corrected chi connectivity index (χ4v) is 7.93. The number of alkyl halides is 3. The molecule has 3 atom stereocenters. The van der Waals surface area contributed by atoms with Crippen LogP contribution in [0.25, 0.3) is 0 Å². The Morgan fingerprint density at radius 2 is 1.52 bits per heavy atom. The number of hydrogen-bond donors (Lipinski definition) is 1. The zero-order valence-corrected chi connectivity index (χ0v) is 33.1. The van der Waals surface area contributed by atoms with E-state index in [0.29, 0.717) is 33.8 Å². The van der Waals surface area contributed by atoms with Crippen molar-refractivity contribution >= 4 is 31.3 Å². The van der Waals surface area contributed by atoms with Crippen molar-refractivity contribution in [1.29, 1.82) is 5.26 Å². The summed E-state index contributed by atoms with van der Waals surface area (Å²) >= 11 is 6.02. The summed E-state index contributed by atoms with van der Waals surface area (Å²) in [5.41, 5.74) is 1.57. The minimum atomic E-state index is -5.15. The minimum absolute atomic E-state index is 0.0548. The summed E-state index contributed by atoms with van der Waals surface area (Å²) in [6.07, 6.45) is -2.50. The molecule has 0 unspecified atom stereocenters. The van der Waals surface area contributed by atoms with Crippen molar-refractivity contribution in [2.75, 3.05) is 33.4 Å². The van der Waals surface area contributed by atoms with E-state index in [1.54, 1.807) is 61.7 Å². The van der Waals surface area contributed by atoms with Crippen LogP contribution < -0.4 is 18.5 Å². The van der Waals surface area contributed by atoms with Crippen molar-refractivity contribution < 1.29 is 55.5 Å². The number of likely N-dealkylation sites (tertiary alicyclic amines) is 2. The number of methoxy groups -OCH3 is 1. The maximum atomic E-state index is 13.2. The summed E-state index contributed by atoms with van der Waals surface area (Å²) in [5.74, 6) is -2.09. The predicted molar refractivity (Wildman–Crippen MR) is 208 cm³/mol. The number of halogens is 4. The number of hydrogen-bond acceptors (Lipinski definition) is 11. The van der Waals surface area contributed by atoms with Gasteiger partial charge in [0, 0.05) is 19.1 Å². The molecule has 0 spiro atoms. The maximum Gasteiger partial charge on any atom is 0.649 e. The van der Waals surface area contributed by atoms with Crippen LogP contribution in [-0.2, 0) is 25.1 Å². The lowest BCUT2D eigenvalue weighted by Crippen LogP contribution is -2.47. The molecule has 2 heterocycles. The van der Waals surface area contributed by atoms with Gasteiger partial charge in [-0.2, -0.15) is 23.0 Å². The van der Waals surface area contributed by atoms with Gasteiger partial charge in [-0.1, -0.05) is 66.2 Å². The van der Waals surface area contributed by atoms with Gasteiger partial charge < -0.3 is 33.1 Å². The summed E-state index contributed by atoms with van der Waals surface area (Å²) in [6.45, 7) is 1.37. The molecule has 0 radical (unpaired) electrons. The molecule has 0 bridgehead atoms. The van der Waals surface area contributed by atoms with E-state index in [-0.39, 0.29) is 37.5 Å². The standard InChI is InChI=1S/C22H25ClN2O3.C19H17F3NO6P/c1-27-19-9-7-16(8-10-19)12-17-4-3-11-25(17)14-18(26)15-28-22-6-2-5-21(23)20(22)13-24;20-19(21,22)18(25)23-13-7-12-16(23)17(24)29-30(26,27-14-8-3-1-4-9-14)28-15-10-5-2-6-11-15/h2,5-10,17-18,26H,3-4,11-12,14-15H2,1H3;1-6,8-11,16H,7,12-13H2/t17-,18+;16-/m00/s1. The van der Waals surface area contributed by atoms with Crippen LogP contribution >= 0.6 is 19.4 Å². The lowest BCUT2D eigenvalue weighted by atomic mass is 10.0. The molecular weight excluding hydrogens is 802 g/mol. The van der Waals surface area contributed by atoms with E-state index >= 15 is 0 Å². The summed E-state index contributed by atoms with van der Waals surface area (Å²) in [4.78, 5) is 26.8. The Balaban J connectivity index is 0.000000221. The van der Waals surface area contributed by atoms with E-state index in [1.807, 2.05) is 18.2 Å². The fraction of sp³-hybridized carbons (Fsp3) is 0.341. The highest BCUT2D eigenvalue weighted by Gasteiger charge is 2.50. The summed E-state index contributed by atoms with van der Waals surface area (Å²) < 4.78 is 77.9. The second-order valence-electron chi connectivity index (χ2n) is 13.4. The largest absolute Gasteiger partial charge is 0.649 e. The first kappa shape index (κ1) is 43.9. The molecule has 6 rings (SSSR count). The first-order valence-electron chi connectivity index (χ1n) is 18.4. The number of phosphoric ester groups is 1. The van der Waals surface area contributed by atoms with Gasteiger partial charge in [-0.05, 0) is 92.7 Å². The SMILES string of the molecule is COc1ccc(C[C@@H]2CCCN2C[C@@H](O)COc2cccc(Cl)c2C#N)cc1.O=C(OP(=O)(Oc1ccccc1)Oc1ccccc1)[C@@H]1CCCN1C(=O)C(F)(F)F. The van der Waals surface area contributed by atoms with Crippen LogP contribution in [0.5, 0.6) is 23.0 Å². The average Bonchev–Trinajstić information content (AvgIpc) is 3.87. The van der Waals surface area contributed by atoms with Gasteiger partial charge in [-0.15, -0.1) is 0 Å². The number of rotatable bonds is 14. The first-order valence-corrected chi connectivity index (χ1v) is 20.2. The third-order valence-electron chi connectivity index (χ3n) is 9.24. The number of ether oxygens (including phenoxy) is 2. The van der Waals surface area contributed by atoms with Gasteiger partial charge in [0.05, 0.1) is 12.1 Å². The molecular formula is C41H42ClF3N3O9P. The second kappa shape index (κ2) is 20.4. The first-order chi connectivity index (χ1) is 27.8. The van der Waals surface area contributed by atoms with Crippen molar-refractivity contribution in [3.05, 3.63) is 119 Å². The van der Waals surface area contributed by atoms with E-state index in [2.05, 4.69) is 17.0 Å². The number of phosphoric acid groups is 1. The molecule has 2 fully saturated rings. The second-order valence-corrected chi connectivity index (χ2v) is 15.2. The van der Waals surface area contributed by atoms with Crippen LogP contribution in [-0.4, -0.2) is 84.5 Å². The molecule has 1 N–H and O–H groups in total. The normalized spacial score (nSPS) is 17.3.